The van der Waals surface area contributed by atoms with Crippen molar-refractivity contribution in [2.24, 2.45) is 0 Å². The van der Waals surface area contributed by atoms with Gasteiger partial charge in [0, 0.05) is 29.0 Å². The number of methoxy groups -OCH3 is 1. The van der Waals surface area contributed by atoms with E-state index >= 15 is 0 Å². The largest absolute Gasteiger partial charge is 0.497 e. The second-order valence-electron chi connectivity index (χ2n) is 6.31. The molecule has 0 saturated carbocycles. The van der Waals surface area contributed by atoms with Gasteiger partial charge in [0.1, 0.15) is 10.8 Å². The van der Waals surface area contributed by atoms with Crippen LogP contribution in [0, 0.1) is 0 Å². The Hall–Kier alpha value is -1.35. The molecule has 0 amide bonds. The van der Waals surface area contributed by atoms with Gasteiger partial charge in [-0.15, -0.1) is 11.3 Å². The first-order valence-corrected chi connectivity index (χ1v) is 11.2. The van der Waals surface area contributed by atoms with Crippen LogP contribution < -0.4 is 4.74 Å². The number of ether oxygens (including phenoxy) is 1. The van der Waals surface area contributed by atoms with E-state index in [2.05, 4.69) is 4.98 Å². The fourth-order valence-electron chi connectivity index (χ4n) is 3.44. The number of thiocarbonyl (C=S) groups is 1. The first kappa shape index (κ1) is 19.4. The third-order valence-corrected chi connectivity index (χ3v) is 7.76. The molecule has 140 valence electrons. The highest BCUT2D eigenvalue weighted by Crippen LogP contribution is 2.36. The molecule has 2 heterocycles. The molecular formula is C18H22N2O3S3. The van der Waals surface area contributed by atoms with Crippen LogP contribution in [0.5, 0.6) is 5.75 Å². The lowest BCUT2D eigenvalue weighted by Crippen LogP contribution is -2.48. The van der Waals surface area contributed by atoms with Crippen molar-refractivity contribution in [2.45, 2.75) is 43.0 Å². The van der Waals surface area contributed by atoms with Crippen LogP contribution in [0.2, 0.25) is 0 Å². The van der Waals surface area contributed by atoms with Crippen LogP contribution in [0.1, 0.15) is 37.1 Å². The Morgan fingerprint density at radius 2 is 2.08 bits per heavy atom. The summed E-state index contributed by atoms with van der Waals surface area (Å²) in [7, 11) is -2.05. The molecule has 3 rings (SSSR count). The first-order valence-electron chi connectivity index (χ1n) is 8.51. The second kappa shape index (κ2) is 8.12. The average molecular weight is 411 g/mol. The lowest BCUT2D eigenvalue weighted by molar-refractivity contribution is 0.242. The van der Waals surface area contributed by atoms with Gasteiger partial charge >= 0.3 is 0 Å². The van der Waals surface area contributed by atoms with E-state index in [0.29, 0.717) is 12.3 Å². The van der Waals surface area contributed by atoms with Crippen LogP contribution in [0.4, 0.5) is 0 Å². The van der Waals surface area contributed by atoms with Gasteiger partial charge in [-0.05, 0) is 44.0 Å². The summed E-state index contributed by atoms with van der Waals surface area (Å²) in [4.78, 5) is 5.48. The molecule has 1 fully saturated rings. The summed E-state index contributed by atoms with van der Waals surface area (Å²) >= 11 is 7.03. The Kier molecular flexibility index (Phi) is 6.06. The Morgan fingerprint density at radius 3 is 2.65 bits per heavy atom. The monoisotopic (exact) mass is 410 g/mol. The maximum atomic E-state index is 13.3. The van der Waals surface area contributed by atoms with Crippen LogP contribution in [-0.4, -0.2) is 42.3 Å². The zero-order valence-electron chi connectivity index (χ0n) is 14.8. The Labute approximate surface area is 164 Å². The minimum Gasteiger partial charge on any atom is -0.497 e. The zero-order chi connectivity index (χ0) is 18.7. The van der Waals surface area contributed by atoms with E-state index in [9.17, 15) is 8.42 Å². The molecule has 5 nitrogen and oxygen atoms in total. The molecule has 26 heavy (non-hydrogen) atoms. The fourth-order valence-corrected chi connectivity index (χ4v) is 6.35. The van der Waals surface area contributed by atoms with Gasteiger partial charge in [-0.3, -0.25) is 0 Å². The third-order valence-electron chi connectivity index (χ3n) is 4.70. The van der Waals surface area contributed by atoms with E-state index in [1.807, 2.05) is 12.3 Å². The second-order valence-corrected chi connectivity index (χ2v) is 9.77. The van der Waals surface area contributed by atoms with Gasteiger partial charge in [0.15, 0.2) is 0 Å². The van der Waals surface area contributed by atoms with E-state index in [4.69, 9.17) is 17.0 Å². The van der Waals surface area contributed by atoms with Crippen molar-refractivity contribution in [2.75, 3.05) is 13.7 Å². The third kappa shape index (κ3) is 3.83. The molecule has 1 saturated heterocycles. The number of piperidine rings is 1. The van der Waals surface area contributed by atoms with Crippen molar-refractivity contribution in [3.05, 3.63) is 40.8 Å². The van der Waals surface area contributed by atoms with Gasteiger partial charge in [-0.25, -0.2) is 13.4 Å². The number of thiazole rings is 1. The highest BCUT2D eigenvalue weighted by Gasteiger charge is 2.40. The van der Waals surface area contributed by atoms with Crippen molar-refractivity contribution in [1.29, 1.82) is 0 Å². The van der Waals surface area contributed by atoms with Crippen LogP contribution in [-0.2, 0) is 10.0 Å². The summed E-state index contributed by atoms with van der Waals surface area (Å²) in [5.41, 5.74) is 0. The molecule has 0 spiro atoms. The predicted octanol–water partition coefficient (Wildman–Crippen LogP) is 3.87. The molecule has 2 aromatic rings. The van der Waals surface area contributed by atoms with Gasteiger partial charge in [-0.1, -0.05) is 18.6 Å². The summed E-state index contributed by atoms with van der Waals surface area (Å²) in [6, 6.07) is 6.35. The Balaban J connectivity index is 1.98. The summed E-state index contributed by atoms with van der Waals surface area (Å²) in [5, 5.41) is 2.80. The molecule has 1 aromatic heterocycles. The van der Waals surface area contributed by atoms with E-state index < -0.39 is 10.0 Å². The molecule has 2 unspecified atom stereocenters. The number of rotatable bonds is 6. The Morgan fingerprint density at radius 1 is 1.35 bits per heavy atom. The fraction of sp³-hybridized carbons (Fsp3) is 0.444. The molecule has 8 heteroatoms. The molecule has 2 atom stereocenters. The minimum atomic E-state index is -3.61. The molecule has 0 radical (unpaired) electrons. The highest BCUT2D eigenvalue weighted by atomic mass is 32.2. The minimum absolute atomic E-state index is 0.154. The van der Waals surface area contributed by atoms with E-state index in [-0.39, 0.29) is 16.9 Å². The lowest BCUT2D eigenvalue weighted by atomic mass is 9.90. The standard InChI is InChI=1S/C18H22N2O3S3/c1-13(24)17(18-19-10-12-25-18)16-5-3-4-11-20(16)26(21,22)15-8-6-14(23-2)7-9-15/h6-10,12,16-17H,3-5,11H2,1-2H3. The smallest absolute Gasteiger partial charge is 0.243 e. The first-order chi connectivity index (χ1) is 12.4. The maximum Gasteiger partial charge on any atom is 0.243 e. The van der Waals surface area contributed by atoms with Crippen LogP contribution in [0.25, 0.3) is 0 Å². The lowest BCUT2D eigenvalue weighted by Gasteiger charge is -2.38. The number of benzene rings is 1. The topological polar surface area (TPSA) is 59.5 Å². The molecule has 0 N–H and O–H groups in total. The summed E-state index contributed by atoms with van der Waals surface area (Å²) in [6.07, 6.45) is 4.38. The van der Waals surface area contributed by atoms with Crippen LogP contribution in [0.15, 0.2) is 40.7 Å². The molecule has 0 aliphatic carbocycles. The van der Waals surface area contributed by atoms with Gasteiger partial charge in [-0.2, -0.15) is 4.31 Å². The SMILES string of the molecule is COc1ccc(S(=O)(=O)N2CCCCC2C(C(C)=S)c2nccs2)cc1. The maximum absolute atomic E-state index is 13.3. The van der Waals surface area contributed by atoms with Crippen molar-refractivity contribution in [3.8, 4) is 5.75 Å². The van der Waals surface area contributed by atoms with Crippen molar-refractivity contribution in [3.63, 3.8) is 0 Å². The van der Waals surface area contributed by atoms with Crippen molar-refractivity contribution < 1.29 is 13.2 Å². The number of nitrogens with zero attached hydrogens (tertiary/aromatic N) is 2. The van der Waals surface area contributed by atoms with E-state index in [1.165, 1.54) is 11.3 Å². The molecule has 0 bridgehead atoms. The number of hydrogen-bond donors (Lipinski definition) is 0. The van der Waals surface area contributed by atoms with Crippen molar-refractivity contribution >= 4 is 38.4 Å². The quantitative estimate of drug-likeness (QED) is 0.677. The normalized spacial score (nSPS) is 19.8. The molecule has 1 aromatic carbocycles. The molecule has 1 aliphatic heterocycles. The Bertz CT molecular complexity index is 848. The summed E-state index contributed by atoms with van der Waals surface area (Å²) in [5.74, 6) is 0.480. The average Bonchev–Trinajstić information content (AvgIpc) is 3.16. The van der Waals surface area contributed by atoms with E-state index in [0.717, 1.165) is 29.1 Å². The van der Waals surface area contributed by atoms with Gasteiger partial charge in [0.2, 0.25) is 10.0 Å². The number of sulfonamides is 1. The van der Waals surface area contributed by atoms with Gasteiger partial charge in [0.05, 0.1) is 17.9 Å². The summed E-state index contributed by atoms with van der Waals surface area (Å²) < 4.78 is 33.4. The van der Waals surface area contributed by atoms with Crippen LogP contribution >= 0.6 is 23.6 Å². The molecular weight excluding hydrogens is 388 g/mol. The number of aromatic nitrogens is 1. The van der Waals surface area contributed by atoms with Crippen molar-refractivity contribution in [1.82, 2.24) is 9.29 Å². The summed E-state index contributed by atoms with van der Waals surface area (Å²) in [6.45, 7) is 2.39. The molecule has 1 aliphatic rings. The van der Waals surface area contributed by atoms with E-state index in [1.54, 1.807) is 41.9 Å². The zero-order valence-corrected chi connectivity index (χ0v) is 17.2. The predicted molar refractivity (Wildman–Crippen MR) is 108 cm³/mol. The number of hydrogen-bond acceptors (Lipinski definition) is 6. The van der Waals surface area contributed by atoms with Crippen LogP contribution in [0.3, 0.4) is 0 Å². The van der Waals surface area contributed by atoms with Gasteiger partial charge in [0.25, 0.3) is 0 Å². The highest BCUT2D eigenvalue weighted by molar-refractivity contribution is 7.89. The van der Waals surface area contributed by atoms with Gasteiger partial charge < -0.3 is 4.74 Å².